The highest BCUT2D eigenvalue weighted by Gasteiger charge is 2.29. The largest absolute Gasteiger partial charge is 0.497 e. The number of anilines is 2. The number of hydrogen-bond donors (Lipinski definition) is 2. The molecule has 0 saturated heterocycles. The fraction of sp³-hybridized carbons (Fsp3) is 0.292. The number of aromatic nitrogens is 1. The summed E-state index contributed by atoms with van der Waals surface area (Å²) in [5.41, 5.74) is 2.50. The van der Waals surface area contributed by atoms with Crippen molar-refractivity contribution in [2.24, 2.45) is 5.92 Å². The van der Waals surface area contributed by atoms with E-state index in [0.717, 1.165) is 40.4 Å². The van der Waals surface area contributed by atoms with Crippen molar-refractivity contribution in [3.8, 4) is 17.0 Å². The van der Waals surface area contributed by atoms with Gasteiger partial charge in [0.25, 0.3) is 0 Å². The molecule has 1 aliphatic rings. The van der Waals surface area contributed by atoms with Gasteiger partial charge in [0.2, 0.25) is 11.8 Å². The lowest BCUT2D eigenvalue weighted by atomic mass is 10.2. The molecule has 0 bridgehead atoms. The van der Waals surface area contributed by atoms with Crippen molar-refractivity contribution >= 4 is 45.7 Å². The number of nitrogens with one attached hydrogen (secondary N) is 2. The third-order valence-corrected chi connectivity index (χ3v) is 7.21. The Bertz CT molecular complexity index is 1110. The summed E-state index contributed by atoms with van der Waals surface area (Å²) in [6.07, 6.45) is 2.60. The van der Waals surface area contributed by atoms with Gasteiger partial charge in [-0.15, -0.1) is 23.1 Å². The lowest BCUT2D eigenvalue weighted by molar-refractivity contribution is -0.117. The third kappa shape index (κ3) is 5.69. The maximum atomic E-state index is 12.9. The van der Waals surface area contributed by atoms with Crippen LogP contribution in [0.5, 0.6) is 5.75 Å². The molecule has 6 nitrogen and oxygen atoms in total. The molecule has 2 aromatic carbocycles. The summed E-state index contributed by atoms with van der Waals surface area (Å²) in [5, 5.41) is 8.13. The Morgan fingerprint density at radius 3 is 2.75 bits per heavy atom. The summed E-state index contributed by atoms with van der Waals surface area (Å²) in [5.74, 6) is 0.906. The normalized spacial score (nSPS) is 13.9. The SMILES string of the molecule is CCC(Sc1cccc(NC(=O)C2CC2)c1)C(=O)Nc1nc(-c2cccc(OC)c2)cs1. The second-order valence-corrected chi connectivity index (χ2v) is 9.70. The highest BCUT2D eigenvalue weighted by atomic mass is 32.2. The van der Waals surface area contributed by atoms with Crippen LogP contribution in [0.15, 0.2) is 58.8 Å². The molecule has 32 heavy (non-hydrogen) atoms. The Morgan fingerprint density at radius 2 is 2.00 bits per heavy atom. The van der Waals surface area contributed by atoms with E-state index in [2.05, 4.69) is 15.6 Å². The van der Waals surface area contributed by atoms with Crippen molar-refractivity contribution in [2.45, 2.75) is 36.3 Å². The zero-order valence-electron chi connectivity index (χ0n) is 18.0. The third-order valence-electron chi connectivity index (χ3n) is 5.09. The number of carbonyl (C=O) groups excluding carboxylic acids is 2. The molecule has 0 spiro atoms. The van der Waals surface area contributed by atoms with Crippen LogP contribution in [-0.4, -0.2) is 29.2 Å². The van der Waals surface area contributed by atoms with Crippen LogP contribution in [-0.2, 0) is 9.59 Å². The average molecular weight is 468 g/mol. The number of amides is 2. The van der Waals surface area contributed by atoms with E-state index in [1.807, 2.05) is 60.8 Å². The molecule has 2 N–H and O–H groups in total. The molecule has 0 aliphatic heterocycles. The molecule has 3 aromatic rings. The first-order valence-corrected chi connectivity index (χ1v) is 12.3. The maximum Gasteiger partial charge on any atom is 0.239 e. The van der Waals surface area contributed by atoms with Gasteiger partial charge in [-0.3, -0.25) is 9.59 Å². The molecule has 1 atom stereocenters. The summed E-state index contributed by atoms with van der Waals surface area (Å²) in [7, 11) is 1.63. The Balaban J connectivity index is 1.39. The van der Waals surface area contributed by atoms with E-state index in [9.17, 15) is 9.59 Å². The zero-order chi connectivity index (χ0) is 22.5. The monoisotopic (exact) mass is 467 g/mol. The first-order chi connectivity index (χ1) is 15.6. The second kappa shape index (κ2) is 10.2. The van der Waals surface area contributed by atoms with Gasteiger partial charge >= 0.3 is 0 Å². The Morgan fingerprint density at radius 1 is 1.19 bits per heavy atom. The van der Waals surface area contributed by atoms with Gasteiger partial charge in [0, 0.05) is 27.4 Å². The van der Waals surface area contributed by atoms with E-state index < -0.39 is 0 Å². The number of nitrogens with zero attached hydrogens (tertiary/aromatic N) is 1. The van der Waals surface area contributed by atoms with Crippen LogP contribution in [0.4, 0.5) is 10.8 Å². The number of thioether (sulfide) groups is 1. The minimum absolute atomic E-state index is 0.0764. The van der Waals surface area contributed by atoms with Crippen molar-refractivity contribution in [1.82, 2.24) is 4.98 Å². The molecule has 1 fully saturated rings. The predicted molar refractivity (Wildman–Crippen MR) is 130 cm³/mol. The van der Waals surface area contributed by atoms with Crippen LogP contribution in [0.3, 0.4) is 0 Å². The van der Waals surface area contributed by atoms with Crippen molar-refractivity contribution in [2.75, 3.05) is 17.7 Å². The van der Waals surface area contributed by atoms with Gasteiger partial charge in [0.05, 0.1) is 18.1 Å². The Hall–Kier alpha value is -2.84. The lowest BCUT2D eigenvalue weighted by Gasteiger charge is -2.14. The average Bonchev–Trinajstić information content (AvgIpc) is 3.57. The molecular formula is C24H25N3O3S2. The van der Waals surface area contributed by atoms with E-state index >= 15 is 0 Å². The maximum absolute atomic E-state index is 12.9. The van der Waals surface area contributed by atoms with Crippen LogP contribution < -0.4 is 15.4 Å². The quantitative estimate of drug-likeness (QED) is 0.396. The van der Waals surface area contributed by atoms with Crippen molar-refractivity contribution in [3.05, 3.63) is 53.9 Å². The van der Waals surface area contributed by atoms with E-state index in [0.29, 0.717) is 11.6 Å². The number of ether oxygens (including phenoxy) is 1. The van der Waals surface area contributed by atoms with Crippen LogP contribution in [0.2, 0.25) is 0 Å². The topological polar surface area (TPSA) is 80.3 Å². The van der Waals surface area contributed by atoms with Crippen LogP contribution in [0.25, 0.3) is 11.3 Å². The minimum atomic E-state index is -0.270. The highest BCUT2D eigenvalue weighted by Crippen LogP contribution is 2.33. The molecule has 1 aromatic heterocycles. The van der Waals surface area contributed by atoms with Gasteiger partial charge in [-0.1, -0.05) is 25.1 Å². The van der Waals surface area contributed by atoms with E-state index in [1.165, 1.54) is 23.1 Å². The molecule has 1 saturated carbocycles. The molecular weight excluding hydrogens is 442 g/mol. The smallest absolute Gasteiger partial charge is 0.239 e. The molecule has 0 radical (unpaired) electrons. The Labute approximate surface area is 195 Å². The lowest BCUT2D eigenvalue weighted by Crippen LogP contribution is -2.24. The summed E-state index contributed by atoms with van der Waals surface area (Å²) >= 11 is 2.88. The van der Waals surface area contributed by atoms with Gasteiger partial charge in [-0.05, 0) is 49.6 Å². The van der Waals surface area contributed by atoms with E-state index in [4.69, 9.17) is 4.74 Å². The Kier molecular flexibility index (Phi) is 7.12. The van der Waals surface area contributed by atoms with E-state index in [1.54, 1.807) is 7.11 Å². The van der Waals surface area contributed by atoms with Gasteiger partial charge in [-0.25, -0.2) is 4.98 Å². The molecule has 166 valence electrons. The van der Waals surface area contributed by atoms with Crippen LogP contribution >= 0.6 is 23.1 Å². The van der Waals surface area contributed by atoms with Gasteiger partial charge in [0.1, 0.15) is 5.75 Å². The number of benzene rings is 2. The fourth-order valence-electron chi connectivity index (χ4n) is 3.16. The predicted octanol–water partition coefficient (Wildman–Crippen LogP) is 5.68. The molecule has 1 heterocycles. The number of thiazole rings is 1. The standard InChI is InChI=1S/C24H25N3O3S2/c1-3-21(32-19-9-5-7-17(13-19)25-22(28)15-10-11-15)23(29)27-24-26-20(14-31-24)16-6-4-8-18(12-16)30-2/h4-9,12-15,21H,3,10-11H2,1-2H3,(H,25,28)(H,26,27,29). The first kappa shape index (κ1) is 22.4. The summed E-state index contributed by atoms with van der Waals surface area (Å²) in [4.78, 5) is 30.4. The molecule has 1 aliphatic carbocycles. The number of hydrogen-bond acceptors (Lipinski definition) is 6. The summed E-state index contributed by atoms with van der Waals surface area (Å²) in [6.45, 7) is 1.99. The van der Waals surface area contributed by atoms with Gasteiger partial charge in [0.15, 0.2) is 5.13 Å². The van der Waals surface area contributed by atoms with Crippen LogP contribution in [0.1, 0.15) is 26.2 Å². The van der Waals surface area contributed by atoms with Crippen molar-refractivity contribution in [1.29, 1.82) is 0 Å². The van der Waals surface area contributed by atoms with Crippen molar-refractivity contribution < 1.29 is 14.3 Å². The first-order valence-electron chi connectivity index (χ1n) is 10.5. The summed E-state index contributed by atoms with van der Waals surface area (Å²) < 4.78 is 5.27. The molecule has 1 unspecified atom stereocenters. The van der Waals surface area contributed by atoms with E-state index in [-0.39, 0.29) is 23.0 Å². The number of carbonyl (C=O) groups is 2. The van der Waals surface area contributed by atoms with Crippen LogP contribution in [0, 0.1) is 5.92 Å². The van der Waals surface area contributed by atoms with Gasteiger partial charge in [-0.2, -0.15) is 0 Å². The fourth-order valence-corrected chi connectivity index (χ4v) is 4.89. The number of rotatable bonds is 9. The van der Waals surface area contributed by atoms with Gasteiger partial charge < -0.3 is 15.4 Å². The van der Waals surface area contributed by atoms with Crippen molar-refractivity contribution in [3.63, 3.8) is 0 Å². The summed E-state index contributed by atoms with van der Waals surface area (Å²) in [6, 6.07) is 15.3. The minimum Gasteiger partial charge on any atom is -0.497 e. The highest BCUT2D eigenvalue weighted by molar-refractivity contribution is 8.00. The zero-order valence-corrected chi connectivity index (χ0v) is 19.6. The number of methoxy groups -OCH3 is 1. The second-order valence-electron chi connectivity index (χ2n) is 7.57. The molecule has 2 amide bonds. The molecule has 4 rings (SSSR count). The molecule has 8 heteroatoms.